The molecule has 0 spiro atoms. The largest absolute Gasteiger partial charge is 0.308 e. The molecule has 2 saturated carbocycles. The summed E-state index contributed by atoms with van der Waals surface area (Å²) >= 11 is 0. The Morgan fingerprint density at radius 1 is 1.05 bits per heavy atom. The van der Waals surface area contributed by atoms with Crippen LogP contribution >= 0.6 is 0 Å². The van der Waals surface area contributed by atoms with Crippen LogP contribution in [0.3, 0.4) is 0 Å². The molecule has 0 amide bonds. The zero-order valence-corrected chi connectivity index (χ0v) is 13.2. The Labute approximate surface area is 119 Å². The summed E-state index contributed by atoms with van der Waals surface area (Å²) in [6.07, 6.45) is 11.4. The molecule has 2 heteroatoms. The van der Waals surface area contributed by atoms with Gasteiger partial charge < -0.3 is 5.32 Å². The summed E-state index contributed by atoms with van der Waals surface area (Å²) in [4.78, 5) is 2.92. The number of hydrogen-bond acceptors (Lipinski definition) is 2. The fourth-order valence-corrected chi connectivity index (χ4v) is 4.38. The van der Waals surface area contributed by atoms with E-state index in [0.717, 1.165) is 12.0 Å². The number of nitrogens with zero attached hydrogens (tertiary/aromatic N) is 1. The maximum absolute atomic E-state index is 3.93. The summed E-state index contributed by atoms with van der Waals surface area (Å²) in [6, 6.07) is 0.860. The first kappa shape index (κ1) is 13.9. The molecule has 2 nitrogen and oxygen atoms in total. The summed E-state index contributed by atoms with van der Waals surface area (Å²) in [7, 11) is 0. The van der Waals surface area contributed by atoms with Crippen molar-refractivity contribution >= 4 is 0 Å². The molecule has 3 rings (SSSR count). The second-order valence-corrected chi connectivity index (χ2v) is 7.82. The van der Waals surface area contributed by atoms with Crippen LogP contribution in [0.4, 0.5) is 0 Å². The van der Waals surface area contributed by atoms with Gasteiger partial charge in [-0.3, -0.25) is 4.90 Å². The van der Waals surface area contributed by atoms with E-state index in [4.69, 9.17) is 0 Å². The van der Waals surface area contributed by atoms with E-state index in [0.29, 0.717) is 11.1 Å². The molecule has 2 aliphatic carbocycles. The summed E-state index contributed by atoms with van der Waals surface area (Å²) in [6.45, 7) is 9.81. The van der Waals surface area contributed by atoms with E-state index in [1.807, 2.05) is 0 Å². The van der Waals surface area contributed by atoms with E-state index < -0.39 is 0 Å². The molecule has 0 radical (unpaired) electrons. The predicted octanol–water partition coefficient (Wildman–Crippen LogP) is 3.56. The molecule has 2 unspecified atom stereocenters. The van der Waals surface area contributed by atoms with Crippen molar-refractivity contribution in [2.45, 2.75) is 89.3 Å². The molecular formula is C17H32N2. The zero-order chi connectivity index (χ0) is 13.5. The monoisotopic (exact) mass is 264 g/mol. The molecule has 19 heavy (non-hydrogen) atoms. The molecule has 0 aromatic heterocycles. The van der Waals surface area contributed by atoms with Gasteiger partial charge in [-0.15, -0.1) is 0 Å². The van der Waals surface area contributed by atoms with Crippen molar-refractivity contribution in [3.63, 3.8) is 0 Å². The van der Waals surface area contributed by atoms with E-state index in [1.165, 1.54) is 64.5 Å². The van der Waals surface area contributed by atoms with Gasteiger partial charge in [0, 0.05) is 30.2 Å². The van der Waals surface area contributed by atoms with E-state index in [1.54, 1.807) is 0 Å². The molecular weight excluding hydrogens is 232 g/mol. The number of rotatable bonds is 3. The zero-order valence-electron chi connectivity index (χ0n) is 13.2. The topological polar surface area (TPSA) is 15.3 Å². The third-order valence-corrected chi connectivity index (χ3v) is 6.32. The molecule has 2 atom stereocenters. The van der Waals surface area contributed by atoms with Crippen LogP contribution in [-0.4, -0.2) is 35.1 Å². The predicted molar refractivity (Wildman–Crippen MR) is 81.4 cm³/mol. The fraction of sp³-hybridized carbons (Fsp3) is 1.00. The van der Waals surface area contributed by atoms with Gasteiger partial charge in [0.25, 0.3) is 0 Å². The van der Waals surface area contributed by atoms with E-state index in [9.17, 15) is 0 Å². The average Bonchev–Trinajstić information content (AvgIpc) is 3.28. The van der Waals surface area contributed by atoms with Crippen molar-refractivity contribution in [3.8, 4) is 0 Å². The van der Waals surface area contributed by atoms with Crippen molar-refractivity contribution in [2.75, 3.05) is 13.1 Å². The van der Waals surface area contributed by atoms with Gasteiger partial charge >= 0.3 is 0 Å². The van der Waals surface area contributed by atoms with Gasteiger partial charge in [0.05, 0.1) is 0 Å². The highest BCUT2D eigenvalue weighted by atomic mass is 15.3. The molecule has 0 bridgehead atoms. The number of nitrogens with one attached hydrogen (secondary N) is 1. The Morgan fingerprint density at radius 2 is 1.74 bits per heavy atom. The third-order valence-electron chi connectivity index (χ3n) is 6.32. The molecule has 0 aromatic rings. The van der Waals surface area contributed by atoms with Crippen molar-refractivity contribution < 1.29 is 0 Å². The first-order valence-corrected chi connectivity index (χ1v) is 8.59. The highest BCUT2D eigenvalue weighted by Gasteiger charge is 2.50. The highest BCUT2D eigenvalue weighted by Crippen LogP contribution is 2.44. The van der Waals surface area contributed by atoms with Crippen LogP contribution in [0.2, 0.25) is 0 Å². The summed E-state index contributed by atoms with van der Waals surface area (Å²) in [5.74, 6) is 0.944. The minimum atomic E-state index is 0.385. The van der Waals surface area contributed by atoms with E-state index in [-0.39, 0.29) is 0 Å². The maximum Gasteiger partial charge on any atom is 0.0309 e. The molecule has 3 fully saturated rings. The third kappa shape index (κ3) is 2.58. The van der Waals surface area contributed by atoms with Crippen molar-refractivity contribution in [1.82, 2.24) is 10.2 Å². The Kier molecular flexibility index (Phi) is 3.68. The molecule has 0 aromatic carbocycles. The lowest BCUT2D eigenvalue weighted by Gasteiger charge is -2.56. The minimum Gasteiger partial charge on any atom is -0.308 e. The second-order valence-electron chi connectivity index (χ2n) is 7.82. The van der Waals surface area contributed by atoms with Gasteiger partial charge in [0.1, 0.15) is 0 Å². The van der Waals surface area contributed by atoms with Crippen molar-refractivity contribution in [2.24, 2.45) is 5.92 Å². The first-order chi connectivity index (χ1) is 9.07. The van der Waals surface area contributed by atoms with Crippen LogP contribution < -0.4 is 5.32 Å². The average molecular weight is 264 g/mol. The van der Waals surface area contributed by atoms with Crippen LogP contribution in [0, 0.1) is 5.92 Å². The molecule has 1 aliphatic heterocycles. The van der Waals surface area contributed by atoms with Gasteiger partial charge in [0.2, 0.25) is 0 Å². The molecule has 1 saturated heterocycles. The Hall–Kier alpha value is -0.0800. The first-order valence-electron chi connectivity index (χ1n) is 8.59. The quantitative estimate of drug-likeness (QED) is 0.838. The van der Waals surface area contributed by atoms with Crippen LogP contribution in [-0.2, 0) is 0 Å². The normalized spacial score (nSPS) is 42.5. The lowest BCUT2D eigenvalue weighted by Crippen LogP contribution is -2.70. The Bertz CT molecular complexity index is 319. The Balaban J connectivity index is 1.77. The standard InChI is InChI=1S/C17H32N2/c1-4-16(2)12-18-17(3,14-10-11-14)13-19(16)15-8-6-5-7-9-15/h14-15,18H,4-13H2,1-3H3. The van der Waals surface area contributed by atoms with E-state index >= 15 is 0 Å². The lowest BCUT2D eigenvalue weighted by molar-refractivity contribution is -0.0318. The lowest BCUT2D eigenvalue weighted by atomic mass is 9.81. The highest BCUT2D eigenvalue weighted by molar-refractivity contribution is 5.08. The molecule has 3 aliphatic rings. The van der Waals surface area contributed by atoms with Gasteiger partial charge in [-0.05, 0) is 51.9 Å². The maximum atomic E-state index is 3.93. The van der Waals surface area contributed by atoms with Crippen LogP contribution in [0.1, 0.15) is 72.1 Å². The van der Waals surface area contributed by atoms with E-state index in [2.05, 4.69) is 31.0 Å². The fourth-order valence-electron chi connectivity index (χ4n) is 4.38. The van der Waals surface area contributed by atoms with Gasteiger partial charge in [-0.25, -0.2) is 0 Å². The Morgan fingerprint density at radius 3 is 2.32 bits per heavy atom. The van der Waals surface area contributed by atoms with Gasteiger partial charge in [0.15, 0.2) is 0 Å². The SMILES string of the molecule is CCC1(C)CNC(C)(C2CC2)CN1C1CCCCC1. The summed E-state index contributed by atoms with van der Waals surface area (Å²) in [5.41, 5.74) is 0.780. The molecule has 110 valence electrons. The summed E-state index contributed by atoms with van der Waals surface area (Å²) in [5, 5.41) is 3.93. The number of piperazine rings is 1. The summed E-state index contributed by atoms with van der Waals surface area (Å²) < 4.78 is 0. The van der Waals surface area contributed by atoms with Crippen molar-refractivity contribution in [1.29, 1.82) is 0 Å². The van der Waals surface area contributed by atoms with Gasteiger partial charge in [-0.1, -0.05) is 26.2 Å². The number of hydrogen-bond donors (Lipinski definition) is 1. The van der Waals surface area contributed by atoms with Gasteiger partial charge in [-0.2, -0.15) is 0 Å². The van der Waals surface area contributed by atoms with Crippen molar-refractivity contribution in [3.05, 3.63) is 0 Å². The second kappa shape index (κ2) is 5.04. The minimum absolute atomic E-state index is 0.385. The van der Waals surface area contributed by atoms with Crippen LogP contribution in [0.25, 0.3) is 0 Å². The smallest absolute Gasteiger partial charge is 0.0309 e. The molecule has 1 N–H and O–H groups in total. The van der Waals surface area contributed by atoms with Crippen LogP contribution in [0.5, 0.6) is 0 Å². The van der Waals surface area contributed by atoms with Crippen LogP contribution in [0.15, 0.2) is 0 Å². The molecule has 1 heterocycles.